The van der Waals surface area contributed by atoms with E-state index in [4.69, 9.17) is 4.74 Å². The van der Waals surface area contributed by atoms with Crippen LogP contribution in [0.4, 0.5) is 5.69 Å². The van der Waals surface area contributed by atoms with Gasteiger partial charge in [0, 0.05) is 37.9 Å². The lowest BCUT2D eigenvalue weighted by Crippen LogP contribution is -2.23. The number of benzene rings is 1. The van der Waals surface area contributed by atoms with Gasteiger partial charge in [-0.15, -0.1) is 0 Å². The summed E-state index contributed by atoms with van der Waals surface area (Å²) in [5.41, 5.74) is 3.56. The third-order valence-corrected chi connectivity index (χ3v) is 4.10. The number of hydrogen-bond donors (Lipinski definition) is 2. The summed E-state index contributed by atoms with van der Waals surface area (Å²) < 4.78 is 5.16. The van der Waals surface area contributed by atoms with E-state index >= 15 is 0 Å². The third-order valence-electron chi connectivity index (χ3n) is 4.10. The van der Waals surface area contributed by atoms with Gasteiger partial charge in [-0.3, -0.25) is 14.8 Å². The number of nitrogens with zero attached hydrogens (tertiary/aromatic N) is 2. The predicted molar refractivity (Wildman–Crippen MR) is 105 cm³/mol. The van der Waals surface area contributed by atoms with Gasteiger partial charge in [-0.2, -0.15) is 0 Å². The second-order valence-electron chi connectivity index (χ2n) is 6.03. The summed E-state index contributed by atoms with van der Waals surface area (Å²) >= 11 is 0. The Morgan fingerprint density at radius 3 is 2.52 bits per heavy atom. The number of carbonyl (C=O) groups is 1. The van der Waals surface area contributed by atoms with Crippen molar-refractivity contribution in [1.29, 1.82) is 0 Å². The molecule has 3 rings (SSSR count). The molecule has 0 aliphatic carbocycles. The number of rotatable bonds is 8. The molecule has 27 heavy (non-hydrogen) atoms. The summed E-state index contributed by atoms with van der Waals surface area (Å²) in [5.74, 6) is 0.694. The summed E-state index contributed by atoms with van der Waals surface area (Å²) in [5, 5.41) is 6.20. The van der Waals surface area contributed by atoms with Crippen molar-refractivity contribution in [3.05, 3.63) is 83.9 Å². The molecule has 0 spiro atoms. The van der Waals surface area contributed by atoms with Crippen LogP contribution in [0.25, 0.3) is 0 Å². The van der Waals surface area contributed by atoms with Crippen LogP contribution in [-0.4, -0.2) is 29.5 Å². The first-order valence-electron chi connectivity index (χ1n) is 8.73. The van der Waals surface area contributed by atoms with Crippen LogP contribution in [0, 0.1) is 0 Å². The zero-order valence-electron chi connectivity index (χ0n) is 15.2. The number of nitrogens with one attached hydrogen (secondary N) is 2. The molecular formula is C21H22N4O2. The van der Waals surface area contributed by atoms with Crippen LogP contribution in [0.1, 0.15) is 21.5 Å². The van der Waals surface area contributed by atoms with E-state index in [0.717, 1.165) is 30.0 Å². The zero-order valence-corrected chi connectivity index (χ0v) is 15.2. The fourth-order valence-electron chi connectivity index (χ4n) is 2.59. The molecule has 0 saturated carbocycles. The molecular weight excluding hydrogens is 340 g/mol. The van der Waals surface area contributed by atoms with E-state index in [-0.39, 0.29) is 5.91 Å². The predicted octanol–water partition coefficient (Wildman–Crippen LogP) is 3.07. The topological polar surface area (TPSA) is 76.1 Å². The number of ether oxygens (including phenoxy) is 1. The molecule has 0 unspecified atom stereocenters. The monoisotopic (exact) mass is 362 g/mol. The van der Waals surface area contributed by atoms with Gasteiger partial charge in [0.1, 0.15) is 5.75 Å². The summed E-state index contributed by atoms with van der Waals surface area (Å²) in [7, 11) is 1.66. The smallest absolute Gasteiger partial charge is 0.253 e. The van der Waals surface area contributed by atoms with Crippen molar-refractivity contribution in [3.8, 4) is 5.75 Å². The fourth-order valence-corrected chi connectivity index (χ4v) is 2.59. The highest BCUT2D eigenvalue weighted by Gasteiger charge is 2.07. The molecule has 3 aromatic rings. The van der Waals surface area contributed by atoms with Gasteiger partial charge in [0.25, 0.3) is 5.91 Å². The van der Waals surface area contributed by atoms with Crippen LogP contribution >= 0.6 is 0 Å². The Hall–Kier alpha value is -3.41. The number of hydrogen-bond acceptors (Lipinski definition) is 5. The average Bonchev–Trinajstić information content (AvgIpc) is 2.73. The van der Waals surface area contributed by atoms with Crippen molar-refractivity contribution in [2.75, 3.05) is 19.0 Å². The molecule has 0 atom stereocenters. The molecule has 0 radical (unpaired) electrons. The Morgan fingerprint density at radius 1 is 1.00 bits per heavy atom. The number of methoxy groups -OCH3 is 1. The average molecular weight is 362 g/mol. The maximum atomic E-state index is 12.3. The van der Waals surface area contributed by atoms with Gasteiger partial charge in [-0.05, 0) is 47.9 Å². The van der Waals surface area contributed by atoms with Gasteiger partial charge in [-0.25, -0.2) is 0 Å². The van der Waals surface area contributed by atoms with Gasteiger partial charge < -0.3 is 15.4 Å². The summed E-state index contributed by atoms with van der Waals surface area (Å²) in [4.78, 5) is 20.4. The molecule has 0 bridgehead atoms. The van der Waals surface area contributed by atoms with Crippen molar-refractivity contribution in [2.24, 2.45) is 0 Å². The maximum Gasteiger partial charge on any atom is 0.253 e. The van der Waals surface area contributed by atoms with Crippen LogP contribution in [0.2, 0.25) is 0 Å². The van der Waals surface area contributed by atoms with Gasteiger partial charge in [0.15, 0.2) is 0 Å². The summed E-state index contributed by atoms with van der Waals surface area (Å²) in [6.07, 6.45) is 7.56. The summed E-state index contributed by atoms with van der Waals surface area (Å²) in [6, 6.07) is 13.5. The Labute approximate surface area is 158 Å². The van der Waals surface area contributed by atoms with E-state index in [1.807, 2.05) is 42.5 Å². The first-order valence-corrected chi connectivity index (χ1v) is 8.73. The Bertz CT molecular complexity index is 867. The SMILES string of the molecule is COc1ccc(CCNc2cncc(C(=O)NCc3ccncc3)c2)cc1. The number of anilines is 1. The van der Waals surface area contributed by atoms with Crippen molar-refractivity contribution >= 4 is 11.6 Å². The maximum absolute atomic E-state index is 12.3. The lowest BCUT2D eigenvalue weighted by atomic mass is 10.1. The van der Waals surface area contributed by atoms with Gasteiger partial charge in [-0.1, -0.05) is 12.1 Å². The molecule has 6 nitrogen and oxygen atoms in total. The van der Waals surface area contributed by atoms with Gasteiger partial charge in [0.2, 0.25) is 0 Å². The molecule has 2 heterocycles. The van der Waals surface area contributed by atoms with E-state index in [9.17, 15) is 4.79 Å². The van der Waals surface area contributed by atoms with Crippen molar-refractivity contribution in [1.82, 2.24) is 15.3 Å². The van der Waals surface area contributed by atoms with Gasteiger partial charge in [0.05, 0.1) is 18.4 Å². The minimum absolute atomic E-state index is 0.155. The molecule has 138 valence electrons. The highest BCUT2D eigenvalue weighted by Crippen LogP contribution is 2.13. The Kier molecular flexibility index (Phi) is 6.35. The van der Waals surface area contributed by atoms with E-state index in [0.29, 0.717) is 12.1 Å². The van der Waals surface area contributed by atoms with Crippen molar-refractivity contribution in [2.45, 2.75) is 13.0 Å². The molecule has 1 aromatic carbocycles. The van der Waals surface area contributed by atoms with E-state index in [1.54, 1.807) is 31.9 Å². The molecule has 2 aromatic heterocycles. The van der Waals surface area contributed by atoms with E-state index in [2.05, 4.69) is 20.6 Å². The number of aromatic nitrogens is 2. The highest BCUT2D eigenvalue weighted by molar-refractivity contribution is 5.94. The van der Waals surface area contributed by atoms with Crippen LogP contribution in [0.5, 0.6) is 5.75 Å². The quantitative estimate of drug-likeness (QED) is 0.644. The van der Waals surface area contributed by atoms with E-state index in [1.165, 1.54) is 5.56 Å². The Balaban J connectivity index is 1.51. The first kappa shape index (κ1) is 18.4. The molecule has 0 aliphatic heterocycles. The van der Waals surface area contributed by atoms with Crippen LogP contribution < -0.4 is 15.4 Å². The number of pyridine rings is 2. The minimum Gasteiger partial charge on any atom is -0.497 e. The summed E-state index contributed by atoms with van der Waals surface area (Å²) in [6.45, 7) is 1.20. The molecule has 0 aliphatic rings. The van der Waals surface area contributed by atoms with Crippen LogP contribution in [-0.2, 0) is 13.0 Å². The van der Waals surface area contributed by atoms with Gasteiger partial charge >= 0.3 is 0 Å². The Morgan fingerprint density at radius 2 is 1.78 bits per heavy atom. The molecule has 2 N–H and O–H groups in total. The minimum atomic E-state index is -0.155. The number of carbonyl (C=O) groups excluding carboxylic acids is 1. The fraction of sp³-hybridized carbons (Fsp3) is 0.190. The molecule has 0 fully saturated rings. The first-order chi connectivity index (χ1) is 13.2. The van der Waals surface area contributed by atoms with E-state index < -0.39 is 0 Å². The standard InChI is InChI=1S/C21H22N4O2/c1-27-20-4-2-16(3-5-20)8-11-24-19-12-18(14-23-15-19)21(26)25-13-17-6-9-22-10-7-17/h2-7,9-10,12,14-15,24H,8,11,13H2,1H3,(H,25,26). The van der Waals surface area contributed by atoms with Crippen LogP contribution in [0.15, 0.2) is 67.3 Å². The van der Waals surface area contributed by atoms with Crippen molar-refractivity contribution < 1.29 is 9.53 Å². The normalized spacial score (nSPS) is 10.3. The second kappa shape index (κ2) is 9.33. The second-order valence-corrected chi connectivity index (χ2v) is 6.03. The lowest BCUT2D eigenvalue weighted by Gasteiger charge is -2.09. The highest BCUT2D eigenvalue weighted by atomic mass is 16.5. The van der Waals surface area contributed by atoms with Crippen LogP contribution in [0.3, 0.4) is 0 Å². The van der Waals surface area contributed by atoms with Crippen molar-refractivity contribution in [3.63, 3.8) is 0 Å². The third kappa shape index (κ3) is 5.54. The molecule has 1 amide bonds. The largest absolute Gasteiger partial charge is 0.497 e. The zero-order chi connectivity index (χ0) is 18.9. The molecule has 6 heteroatoms. The number of amides is 1. The lowest BCUT2D eigenvalue weighted by molar-refractivity contribution is 0.0950. The molecule has 0 saturated heterocycles.